The Bertz CT molecular complexity index is 2610. The fraction of sp³-hybridized carbons (Fsp3) is 0.685. The van der Waals surface area contributed by atoms with E-state index in [0.717, 1.165) is 167 Å². The first-order chi connectivity index (χ1) is 52.7. The van der Waals surface area contributed by atoms with E-state index in [2.05, 4.69) is 155 Å². The Balaban J connectivity index is 5.48. The minimum absolute atomic E-state index is 0.0327. The van der Waals surface area contributed by atoms with Crippen LogP contribution in [0.4, 0.5) is 0 Å². The molecular weight excluding hydrogens is 1400 g/mol. The van der Waals surface area contributed by atoms with Gasteiger partial charge >= 0.3 is 39.5 Å². The molecule has 17 nitrogen and oxygen atoms in total. The second-order valence-corrected chi connectivity index (χ2v) is 30.6. The largest absolute Gasteiger partial charge is 0.472 e. The van der Waals surface area contributed by atoms with Gasteiger partial charge in [0.05, 0.1) is 26.4 Å². The van der Waals surface area contributed by atoms with Crippen molar-refractivity contribution in [2.75, 3.05) is 39.6 Å². The maximum absolute atomic E-state index is 13.1. The summed E-state index contributed by atoms with van der Waals surface area (Å²) in [4.78, 5) is 73.1. The molecule has 0 radical (unpaired) electrons. The molecule has 0 fully saturated rings. The highest BCUT2D eigenvalue weighted by atomic mass is 31.2. The van der Waals surface area contributed by atoms with Crippen LogP contribution in [-0.4, -0.2) is 96.7 Å². The predicted octanol–water partition coefficient (Wildman–Crippen LogP) is 25.0. The molecule has 618 valence electrons. The lowest BCUT2D eigenvalue weighted by atomic mass is 10.1. The van der Waals surface area contributed by atoms with Gasteiger partial charge < -0.3 is 33.8 Å². The summed E-state index contributed by atoms with van der Waals surface area (Å²) >= 11 is 0. The average Bonchev–Trinajstić information content (AvgIpc) is 0.914. The zero-order valence-electron chi connectivity index (χ0n) is 67.7. The van der Waals surface area contributed by atoms with E-state index in [9.17, 15) is 43.2 Å². The van der Waals surface area contributed by atoms with Gasteiger partial charge in [-0.3, -0.25) is 37.3 Å². The van der Waals surface area contributed by atoms with Crippen molar-refractivity contribution in [2.24, 2.45) is 0 Å². The zero-order valence-corrected chi connectivity index (χ0v) is 69.5. The first-order valence-electron chi connectivity index (χ1n) is 42.1. The Kier molecular flexibility index (Phi) is 76.3. The van der Waals surface area contributed by atoms with Gasteiger partial charge in [-0.25, -0.2) is 9.13 Å². The molecule has 0 spiro atoms. The van der Waals surface area contributed by atoms with Gasteiger partial charge in [-0.15, -0.1) is 0 Å². The summed E-state index contributed by atoms with van der Waals surface area (Å²) in [6, 6.07) is 0. The lowest BCUT2D eigenvalue weighted by Crippen LogP contribution is -2.30. The van der Waals surface area contributed by atoms with Gasteiger partial charge in [0, 0.05) is 25.7 Å². The lowest BCUT2D eigenvalue weighted by Gasteiger charge is -2.21. The maximum Gasteiger partial charge on any atom is 0.472 e. The molecule has 3 N–H and O–H groups in total. The monoisotopic (exact) mass is 1550 g/mol. The number of aliphatic hydroxyl groups excluding tert-OH is 1. The van der Waals surface area contributed by atoms with E-state index in [0.29, 0.717) is 32.1 Å². The number of hydrogen-bond acceptors (Lipinski definition) is 15. The molecule has 0 aromatic rings. The molecule has 108 heavy (non-hydrogen) atoms. The minimum Gasteiger partial charge on any atom is -0.462 e. The van der Waals surface area contributed by atoms with Gasteiger partial charge in [0.1, 0.15) is 19.3 Å². The molecular formula is C89H150O17P2. The number of allylic oxidation sites excluding steroid dienone is 24. The standard InChI is InChI=1S/C89H150O17P2/c1-5-9-13-17-21-25-29-33-37-39-41-43-47-50-54-58-62-66-70-74-87(92)100-80-84(105-88(93)75-71-67-63-59-55-51-46-36-32-28-24-20-16-12-8-4)81-103-107(95,96)101-77-83(90)78-102-108(97,98)104-82-85(79-99-86(91)73-69-65-61-57-53-49-45-35-31-27-23-19-15-11-7-3)106-89(94)76-72-68-64-60-56-52-48-44-42-40-38-34-30-26-22-18-14-10-6-2/h9,13,21-22,25-27,31,33-34,36-38,41-44,46,50,52,54,56,64,68,83-85,90H,5-8,10-12,14-20,23-24,28-30,32,35,39-40,45,47-49,51,53,55,57-63,65-67,69-82H2,1-4H3,(H,95,96)(H,97,98)/b13-9-,25-21-,26-22-,31-27-,37-33-,38-34-,43-41-,44-42-,46-36-,54-50-,56-52-,68-64-/t83-,84-,85-/m1/s1. The Labute approximate surface area is 656 Å². The normalized spacial score (nSPS) is 14.5. The Morgan fingerprint density at radius 2 is 0.500 bits per heavy atom. The molecule has 2 unspecified atom stereocenters. The Morgan fingerprint density at radius 3 is 0.843 bits per heavy atom. The van der Waals surface area contributed by atoms with Crippen LogP contribution in [0.1, 0.15) is 336 Å². The van der Waals surface area contributed by atoms with Gasteiger partial charge in [0.15, 0.2) is 12.2 Å². The van der Waals surface area contributed by atoms with Crippen molar-refractivity contribution in [2.45, 2.75) is 354 Å². The number of ether oxygens (including phenoxy) is 4. The van der Waals surface area contributed by atoms with Crippen LogP contribution in [0, 0.1) is 0 Å². The second-order valence-electron chi connectivity index (χ2n) is 27.7. The van der Waals surface area contributed by atoms with Gasteiger partial charge in [-0.1, -0.05) is 296 Å². The SMILES string of the molecule is CC/C=C\C/C=C\C/C=C\C/C=C\C/C=C\CCCCCC(=O)OC[C@H](COP(=O)(O)OC[C@@H](O)COP(=O)(O)OC[C@@H](COC(=O)CCCCCCCCC/C=C\CCCCCC)OC(=O)CC/C=C\C/C=C\C/C=C\C/C=C\C/C=C\CCCCC)OC(=O)CCCCCCC/C=C\CCCCCCCC. The summed E-state index contributed by atoms with van der Waals surface area (Å²) < 4.78 is 68.6. The molecule has 0 aliphatic carbocycles. The zero-order chi connectivity index (χ0) is 78.9. The Morgan fingerprint density at radius 1 is 0.269 bits per heavy atom. The molecule has 0 amide bonds. The molecule has 0 aromatic heterocycles. The van der Waals surface area contributed by atoms with Crippen LogP contribution in [-0.2, 0) is 65.4 Å². The van der Waals surface area contributed by atoms with Crippen molar-refractivity contribution in [3.05, 3.63) is 146 Å². The van der Waals surface area contributed by atoms with E-state index in [1.807, 2.05) is 18.2 Å². The van der Waals surface area contributed by atoms with E-state index in [1.54, 1.807) is 0 Å². The number of phosphoric acid groups is 2. The van der Waals surface area contributed by atoms with Crippen LogP contribution in [0.3, 0.4) is 0 Å². The first kappa shape index (κ1) is 103. The summed E-state index contributed by atoms with van der Waals surface area (Å²) in [6.07, 6.45) is 92.6. The number of rotatable bonds is 78. The molecule has 0 saturated carbocycles. The Hall–Kier alpha value is -5.06. The third-order valence-corrected chi connectivity index (χ3v) is 19.2. The highest BCUT2D eigenvalue weighted by Gasteiger charge is 2.30. The number of carbonyl (C=O) groups excluding carboxylic acids is 4. The van der Waals surface area contributed by atoms with Crippen molar-refractivity contribution in [3.8, 4) is 0 Å². The third kappa shape index (κ3) is 79.0. The summed E-state index contributed by atoms with van der Waals surface area (Å²) in [5.74, 6) is -2.32. The molecule has 0 heterocycles. The number of phosphoric ester groups is 2. The van der Waals surface area contributed by atoms with Crippen molar-refractivity contribution >= 4 is 39.5 Å². The van der Waals surface area contributed by atoms with Crippen LogP contribution in [0.5, 0.6) is 0 Å². The van der Waals surface area contributed by atoms with E-state index in [4.69, 9.17) is 37.0 Å². The van der Waals surface area contributed by atoms with Crippen LogP contribution >= 0.6 is 15.6 Å². The second kappa shape index (κ2) is 80.0. The van der Waals surface area contributed by atoms with Crippen LogP contribution < -0.4 is 0 Å². The fourth-order valence-electron chi connectivity index (χ4n) is 10.9. The lowest BCUT2D eigenvalue weighted by molar-refractivity contribution is -0.161. The summed E-state index contributed by atoms with van der Waals surface area (Å²) in [5.41, 5.74) is 0. The number of hydrogen-bond donors (Lipinski definition) is 3. The molecule has 0 aliphatic rings. The van der Waals surface area contributed by atoms with Crippen LogP contribution in [0.2, 0.25) is 0 Å². The highest BCUT2D eigenvalue weighted by Crippen LogP contribution is 2.45. The first-order valence-corrected chi connectivity index (χ1v) is 45.1. The number of carbonyl (C=O) groups is 4. The number of unbranched alkanes of at least 4 members (excludes halogenated alkanes) is 28. The quantitative estimate of drug-likeness (QED) is 0.0169. The smallest absolute Gasteiger partial charge is 0.462 e. The predicted molar refractivity (Wildman–Crippen MR) is 445 cm³/mol. The fourth-order valence-corrected chi connectivity index (χ4v) is 12.4. The summed E-state index contributed by atoms with van der Waals surface area (Å²) in [6.45, 7) is 4.60. The topological polar surface area (TPSA) is 237 Å². The molecule has 0 aliphatic heterocycles. The van der Waals surface area contributed by atoms with Crippen molar-refractivity contribution in [1.29, 1.82) is 0 Å². The number of aliphatic hydroxyl groups is 1. The molecule has 0 saturated heterocycles. The summed E-state index contributed by atoms with van der Waals surface area (Å²) in [5, 5.41) is 10.7. The van der Waals surface area contributed by atoms with Crippen molar-refractivity contribution < 1.29 is 80.2 Å². The maximum atomic E-state index is 13.1. The van der Waals surface area contributed by atoms with Crippen molar-refractivity contribution in [1.82, 2.24) is 0 Å². The van der Waals surface area contributed by atoms with E-state index >= 15 is 0 Å². The minimum atomic E-state index is -5.01. The number of esters is 4. The van der Waals surface area contributed by atoms with Gasteiger partial charge in [0.25, 0.3) is 0 Å². The van der Waals surface area contributed by atoms with Crippen LogP contribution in [0.25, 0.3) is 0 Å². The molecule has 0 bridgehead atoms. The van der Waals surface area contributed by atoms with E-state index in [1.165, 1.54) is 83.5 Å². The van der Waals surface area contributed by atoms with Crippen LogP contribution in [0.15, 0.2) is 146 Å². The molecule has 0 rings (SSSR count). The van der Waals surface area contributed by atoms with Gasteiger partial charge in [0.2, 0.25) is 0 Å². The van der Waals surface area contributed by atoms with Crippen molar-refractivity contribution in [3.63, 3.8) is 0 Å². The van der Waals surface area contributed by atoms with Gasteiger partial charge in [-0.2, -0.15) is 0 Å². The highest BCUT2D eigenvalue weighted by molar-refractivity contribution is 7.47. The molecule has 19 heteroatoms. The molecule has 0 aromatic carbocycles. The van der Waals surface area contributed by atoms with E-state index < -0.39 is 97.5 Å². The third-order valence-electron chi connectivity index (χ3n) is 17.3. The average molecular weight is 1550 g/mol. The van der Waals surface area contributed by atoms with Gasteiger partial charge in [-0.05, 0) is 161 Å². The molecule has 5 atom stereocenters. The van der Waals surface area contributed by atoms with E-state index in [-0.39, 0.29) is 25.7 Å². The summed E-state index contributed by atoms with van der Waals surface area (Å²) in [7, 11) is -10.0.